The first kappa shape index (κ1) is 55.1. The summed E-state index contributed by atoms with van der Waals surface area (Å²) in [6.07, 6.45) is 25.0. The topological polar surface area (TPSA) is 38.0 Å². The van der Waals surface area contributed by atoms with Gasteiger partial charge in [-0.3, -0.25) is 20.0 Å². The van der Waals surface area contributed by atoms with E-state index in [0.29, 0.717) is 78.5 Å². The molecular weight excluding hydrogens is 1100 g/mol. The lowest BCUT2D eigenvalue weighted by molar-refractivity contribution is -0.221. The Hall–Kier alpha value is -6.62. The molecule has 5 heterocycles. The summed E-state index contributed by atoms with van der Waals surface area (Å²) in [5.74, 6) is 2.56. The maximum absolute atomic E-state index is 4.76. The highest BCUT2D eigenvalue weighted by Crippen LogP contribution is 2.63. The van der Waals surface area contributed by atoms with Crippen molar-refractivity contribution in [2.45, 2.75) is 224 Å². The molecule has 0 amide bonds. The molecule has 13 fully saturated rings. The standard InChI is InChI=1S/C81H93N9/c1-8-26-58(27-9-1)83(59-28-10-2-11-29-59)65-47-74-78-75(48-65)86(63-36-18-6-19-37-63)70-50-73-72(49-71(70)88(78)68-42-24-22-40-66(68)85(74)62-34-16-5-17-35-62)89-69-43-25-23-41-67(69)87(64-38-20-7-21-39-64)80-79(89)76(90(73)81-52-55-44-56(53-81)46-57(45-55)54-81)51-77(82-80)84(60-30-12-3-13-31-60)61-32-14-4-15-33-61/h1-21,26-39,55-57,65-80,82H,22-25,40-54H2. The number of piperidine rings is 1. The highest BCUT2D eigenvalue weighted by Gasteiger charge is 2.70. The van der Waals surface area contributed by atoms with Crippen molar-refractivity contribution in [1.82, 2.24) is 20.0 Å². The Bertz CT molecular complexity index is 3490. The summed E-state index contributed by atoms with van der Waals surface area (Å²) in [4.78, 5) is 25.3. The first-order chi connectivity index (χ1) is 44.6. The van der Waals surface area contributed by atoms with Crippen LogP contribution in [0.1, 0.15) is 122 Å². The van der Waals surface area contributed by atoms with Crippen LogP contribution in [0, 0.1) is 17.8 Å². The fourth-order valence-corrected chi connectivity index (χ4v) is 24.0. The number of rotatable bonds is 10. The van der Waals surface area contributed by atoms with Crippen LogP contribution >= 0.6 is 0 Å². The van der Waals surface area contributed by atoms with Crippen molar-refractivity contribution in [2.75, 3.05) is 24.5 Å². The number of hydrogen-bond donors (Lipinski definition) is 1. The molecule has 0 radical (unpaired) electrons. The van der Waals surface area contributed by atoms with Crippen LogP contribution in [0.3, 0.4) is 0 Å². The van der Waals surface area contributed by atoms with Crippen molar-refractivity contribution in [3.8, 4) is 0 Å². The van der Waals surface area contributed by atoms with Gasteiger partial charge in [-0.15, -0.1) is 0 Å². The van der Waals surface area contributed by atoms with Gasteiger partial charge in [0.05, 0.1) is 24.4 Å². The Morgan fingerprint density at radius 2 is 0.689 bits per heavy atom. The number of para-hydroxylation sites is 7. The molecule has 20 rings (SSSR count). The zero-order valence-electron chi connectivity index (χ0n) is 52.7. The molecule has 0 spiro atoms. The monoisotopic (exact) mass is 1190 g/mol. The molecule has 0 aromatic heterocycles. The molecule has 9 heteroatoms. The van der Waals surface area contributed by atoms with E-state index in [2.05, 4.69) is 252 Å². The average molecular weight is 1190 g/mol. The van der Waals surface area contributed by atoms with E-state index < -0.39 is 0 Å². The lowest BCUT2D eigenvalue weighted by Gasteiger charge is -2.76. The molecule has 4 bridgehead atoms. The van der Waals surface area contributed by atoms with Crippen molar-refractivity contribution in [3.63, 3.8) is 0 Å². The normalized spacial score (nSPS) is 38.2. The molecule has 16 atom stereocenters. The van der Waals surface area contributed by atoms with Crippen molar-refractivity contribution in [1.29, 1.82) is 0 Å². The first-order valence-corrected chi connectivity index (χ1v) is 36.0. The molecule has 5 saturated heterocycles. The van der Waals surface area contributed by atoms with Crippen LogP contribution < -0.4 is 29.8 Å². The summed E-state index contributed by atoms with van der Waals surface area (Å²) in [6.45, 7) is 0. The van der Waals surface area contributed by atoms with Gasteiger partial charge in [0, 0.05) is 118 Å². The van der Waals surface area contributed by atoms with Crippen molar-refractivity contribution < 1.29 is 0 Å². The summed E-state index contributed by atoms with van der Waals surface area (Å²) in [5.41, 5.74) is 9.73. The van der Waals surface area contributed by atoms with E-state index in [1.165, 1.54) is 143 Å². The Balaban J connectivity index is 0.818. The predicted molar refractivity (Wildman–Crippen MR) is 367 cm³/mol. The Morgan fingerprint density at radius 3 is 1.17 bits per heavy atom. The molecule has 13 aliphatic rings. The average Bonchev–Trinajstić information content (AvgIpc) is 0.695. The van der Waals surface area contributed by atoms with Crippen molar-refractivity contribution in [2.24, 2.45) is 17.8 Å². The molecule has 462 valence electrons. The Labute approximate surface area is 536 Å². The van der Waals surface area contributed by atoms with Gasteiger partial charge in [0.25, 0.3) is 0 Å². The minimum atomic E-state index is 0.0900. The third-order valence-electron chi connectivity index (χ3n) is 26.2. The number of piperazine rings is 4. The van der Waals surface area contributed by atoms with E-state index in [-0.39, 0.29) is 23.9 Å². The molecule has 7 aromatic rings. The number of nitrogens with one attached hydrogen (secondary N) is 1. The lowest BCUT2D eigenvalue weighted by atomic mass is 9.51. The van der Waals surface area contributed by atoms with E-state index in [1.807, 2.05) is 0 Å². The van der Waals surface area contributed by atoms with Crippen LogP contribution in [-0.2, 0) is 0 Å². The van der Waals surface area contributed by atoms with Crippen LogP contribution in [0.25, 0.3) is 0 Å². The Morgan fingerprint density at radius 1 is 0.311 bits per heavy atom. The predicted octanol–water partition coefficient (Wildman–Crippen LogP) is 15.7. The van der Waals surface area contributed by atoms with E-state index in [0.717, 1.165) is 37.0 Å². The van der Waals surface area contributed by atoms with Crippen molar-refractivity contribution >= 4 is 39.8 Å². The van der Waals surface area contributed by atoms with Crippen LogP contribution in [0.2, 0.25) is 0 Å². The van der Waals surface area contributed by atoms with Crippen LogP contribution in [0.5, 0.6) is 0 Å². The van der Waals surface area contributed by atoms with Gasteiger partial charge in [0.2, 0.25) is 0 Å². The van der Waals surface area contributed by atoms with Gasteiger partial charge in [-0.1, -0.05) is 153 Å². The molecule has 8 aliphatic carbocycles. The fraction of sp³-hybridized carbons (Fsp3) is 0.481. The van der Waals surface area contributed by atoms with Gasteiger partial charge in [-0.2, -0.15) is 0 Å². The van der Waals surface area contributed by atoms with Gasteiger partial charge >= 0.3 is 0 Å². The summed E-state index contributed by atoms with van der Waals surface area (Å²) >= 11 is 0. The molecule has 5 aliphatic heterocycles. The SMILES string of the molecule is c1ccc(N(c2ccccc2)C2CC3C4C(C2)N(c2ccccc2)C2CC5C(CC2N4C2CCCCC2N3c2ccccc2)N2C3CCCCC3N(c3ccccc3)C3NC(N(c4ccccc4)c4ccccc4)CC(C32)N5C23CC4CC(CC(C4)C2)C3)cc1. The molecule has 90 heavy (non-hydrogen) atoms. The number of fused-ring (bicyclic) bond motifs is 8. The molecule has 16 unspecified atom stereocenters. The summed E-state index contributed by atoms with van der Waals surface area (Å²) in [6, 6.07) is 87.9. The molecule has 8 saturated carbocycles. The first-order valence-electron chi connectivity index (χ1n) is 36.0. The third kappa shape index (κ3) is 8.80. The van der Waals surface area contributed by atoms with Gasteiger partial charge in [-0.05, 0) is 199 Å². The van der Waals surface area contributed by atoms with Gasteiger partial charge in [0.1, 0.15) is 0 Å². The van der Waals surface area contributed by atoms with E-state index >= 15 is 0 Å². The zero-order chi connectivity index (χ0) is 59.0. The minimum Gasteiger partial charge on any atom is -0.362 e. The van der Waals surface area contributed by atoms with Crippen LogP contribution in [-0.4, -0.2) is 117 Å². The highest BCUT2D eigenvalue weighted by molar-refractivity contribution is 5.67. The lowest BCUT2D eigenvalue weighted by Crippen LogP contribution is -2.90. The number of anilines is 7. The van der Waals surface area contributed by atoms with Crippen molar-refractivity contribution in [3.05, 3.63) is 212 Å². The zero-order valence-corrected chi connectivity index (χ0v) is 52.7. The number of nitrogens with zero attached hydrogens (tertiary/aromatic N) is 8. The van der Waals surface area contributed by atoms with Gasteiger partial charge in [-0.25, -0.2) is 0 Å². The van der Waals surface area contributed by atoms with E-state index in [1.54, 1.807) is 0 Å². The molecular formula is C81H93N9. The summed E-state index contributed by atoms with van der Waals surface area (Å²) in [5, 5.41) is 4.76. The fourth-order valence-electron chi connectivity index (χ4n) is 24.0. The highest BCUT2D eigenvalue weighted by atomic mass is 15.5. The third-order valence-corrected chi connectivity index (χ3v) is 26.2. The Kier molecular flexibility index (Phi) is 13.6. The smallest absolute Gasteiger partial charge is 0.0988 e. The maximum atomic E-state index is 4.76. The van der Waals surface area contributed by atoms with Crippen LogP contribution in [0.15, 0.2) is 212 Å². The van der Waals surface area contributed by atoms with E-state index in [9.17, 15) is 0 Å². The summed E-state index contributed by atoms with van der Waals surface area (Å²) < 4.78 is 0. The molecule has 9 nitrogen and oxygen atoms in total. The van der Waals surface area contributed by atoms with Gasteiger partial charge in [0.15, 0.2) is 0 Å². The largest absolute Gasteiger partial charge is 0.362 e. The molecule has 7 aromatic carbocycles. The quantitative estimate of drug-likeness (QED) is 0.144. The second kappa shape index (κ2) is 22.3. The van der Waals surface area contributed by atoms with Gasteiger partial charge < -0.3 is 24.5 Å². The number of benzene rings is 7. The second-order valence-electron chi connectivity index (χ2n) is 30.5. The van der Waals surface area contributed by atoms with Crippen LogP contribution in [0.4, 0.5) is 39.8 Å². The minimum absolute atomic E-state index is 0.0900. The summed E-state index contributed by atoms with van der Waals surface area (Å²) in [7, 11) is 0. The number of hydrogen-bond acceptors (Lipinski definition) is 9. The maximum Gasteiger partial charge on any atom is 0.0988 e. The molecule has 1 N–H and O–H groups in total. The van der Waals surface area contributed by atoms with E-state index in [4.69, 9.17) is 5.32 Å². The second-order valence-corrected chi connectivity index (χ2v) is 30.5.